The standard InChI is InChI=1S/C41H49N7O7.4H2S/c1-7-54-41(52)55-35(25(4)5)39(50)48-21-9-11-33(48)37-43-29-19-16-27(22-30(29)44-37)13-12-26-14-17-28(18-15-26)31-23-42-36(45-31)32-10-8-20-47(32)38(49)34(24(2)3)46-40(51)53-6;;;;/h14-19,22-25,32-35H,7-11,20-21H2,1-6H3,(H,42,45)(H,43,44)(H,46,51);4*1H2/t32-,33-,34-,35-;;;;/m0..../s1. The van der Waals surface area contributed by atoms with Crippen molar-refractivity contribution >= 4 is 89.1 Å². The molecule has 3 N–H and O–H groups in total. The van der Waals surface area contributed by atoms with Crippen LogP contribution in [-0.2, 0) is 23.8 Å². The second kappa shape index (κ2) is 22.8. The van der Waals surface area contributed by atoms with Gasteiger partial charge in [0, 0.05) is 24.2 Å². The van der Waals surface area contributed by atoms with Crippen molar-refractivity contribution in [2.45, 2.75) is 84.5 Å². The molecule has 2 aliphatic heterocycles. The zero-order valence-corrected chi connectivity index (χ0v) is 38.2. The molecule has 2 fully saturated rings. The van der Waals surface area contributed by atoms with E-state index in [1.54, 1.807) is 22.9 Å². The van der Waals surface area contributed by atoms with Crippen LogP contribution in [0.4, 0.5) is 9.59 Å². The predicted octanol–water partition coefficient (Wildman–Crippen LogP) is 6.71. The normalized spacial score (nSPS) is 16.7. The molecule has 18 heteroatoms. The first-order valence-corrected chi connectivity index (χ1v) is 18.9. The Morgan fingerprint density at radius 3 is 2.05 bits per heavy atom. The molecule has 59 heavy (non-hydrogen) atoms. The summed E-state index contributed by atoms with van der Waals surface area (Å²) in [6.45, 7) is 10.5. The van der Waals surface area contributed by atoms with Crippen molar-refractivity contribution in [1.82, 2.24) is 35.1 Å². The Kier molecular flexibility index (Phi) is 19.6. The summed E-state index contributed by atoms with van der Waals surface area (Å²) in [5, 5.41) is 2.68. The second-order valence-electron chi connectivity index (χ2n) is 14.6. The number of nitrogens with one attached hydrogen (secondary N) is 3. The first kappa shape index (κ1) is 50.7. The molecule has 0 unspecified atom stereocenters. The van der Waals surface area contributed by atoms with Gasteiger partial charge in [-0.2, -0.15) is 54.0 Å². The van der Waals surface area contributed by atoms with Crippen LogP contribution in [0.15, 0.2) is 48.7 Å². The molecule has 3 amide bonds. The van der Waals surface area contributed by atoms with Crippen LogP contribution in [0.5, 0.6) is 0 Å². The van der Waals surface area contributed by atoms with Gasteiger partial charge in [0.25, 0.3) is 5.91 Å². The highest BCUT2D eigenvalue weighted by molar-refractivity contribution is 7.59. The summed E-state index contributed by atoms with van der Waals surface area (Å²) in [4.78, 5) is 70.9. The molecule has 14 nitrogen and oxygen atoms in total. The number of alkyl carbamates (subject to hydrolysis) is 1. The largest absolute Gasteiger partial charge is 0.509 e. The molecule has 6 rings (SSSR count). The summed E-state index contributed by atoms with van der Waals surface area (Å²) >= 11 is 0. The number of ether oxygens (including phenoxy) is 3. The summed E-state index contributed by atoms with van der Waals surface area (Å²) < 4.78 is 15.1. The van der Waals surface area contributed by atoms with E-state index >= 15 is 0 Å². The molecule has 0 bridgehead atoms. The zero-order valence-electron chi connectivity index (χ0n) is 34.2. The molecule has 322 valence electrons. The van der Waals surface area contributed by atoms with Gasteiger partial charge < -0.3 is 39.3 Å². The molecule has 4 aromatic rings. The van der Waals surface area contributed by atoms with Crippen molar-refractivity contribution in [2.24, 2.45) is 11.8 Å². The molecule has 4 heterocycles. The Bertz CT molecular complexity index is 2100. The van der Waals surface area contributed by atoms with Gasteiger partial charge in [-0.05, 0) is 80.3 Å². The molecule has 2 aliphatic rings. The van der Waals surface area contributed by atoms with Gasteiger partial charge in [-0.3, -0.25) is 9.59 Å². The summed E-state index contributed by atoms with van der Waals surface area (Å²) in [6, 6.07) is 12.5. The number of nitrogens with zero attached hydrogens (tertiary/aromatic N) is 4. The Balaban J connectivity index is 0.00000300. The van der Waals surface area contributed by atoms with Crippen LogP contribution in [0.2, 0.25) is 0 Å². The molecule has 0 radical (unpaired) electrons. The summed E-state index contributed by atoms with van der Waals surface area (Å²) in [5.41, 5.74) is 5.00. The fourth-order valence-electron chi connectivity index (χ4n) is 7.19. The van der Waals surface area contributed by atoms with Crippen LogP contribution in [0, 0.1) is 23.7 Å². The Labute approximate surface area is 373 Å². The first-order chi connectivity index (χ1) is 26.5. The highest BCUT2D eigenvalue weighted by Gasteiger charge is 2.39. The van der Waals surface area contributed by atoms with E-state index in [1.807, 2.05) is 70.2 Å². The molecular weight excluding hydrogens is 831 g/mol. The Hall–Kier alpha value is -4.44. The number of amides is 3. The number of carbonyl (C=O) groups is 4. The molecule has 0 aliphatic carbocycles. The van der Waals surface area contributed by atoms with E-state index in [4.69, 9.17) is 19.2 Å². The molecule has 2 aromatic carbocycles. The molecule has 2 aromatic heterocycles. The van der Waals surface area contributed by atoms with Crippen LogP contribution in [0.25, 0.3) is 22.3 Å². The molecule has 0 saturated carbocycles. The fraction of sp³-hybridized carbons (Fsp3) is 0.463. The van der Waals surface area contributed by atoms with Crippen LogP contribution >= 0.6 is 54.0 Å². The minimum absolute atomic E-state index is 0. The minimum atomic E-state index is -0.945. The Morgan fingerprint density at radius 2 is 1.44 bits per heavy atom. The van der Waals surface area contributed by atoms with Crippen LogP contribution in [-0.4, -0.2) is 92.8 Å². The van der Waals surface area contributed by atoms with Gasteiger partial charge >= 0.3 is 12.2 Å². The maximum absolute atomic E-state index is 13.6. The van der Waals surface area contributed by atoms with Crippen molar-refractivity contribution in [3.63, 3.8) is 0 Å². The SMILES string of the molecule is CCOC(=O)O[C@H](C(=O)N1CCC[C@H]1c1nc2ccc(C#Cc3ccc(-c4cnc([C@@H]5CCCN5C(=O)[C@@H](NC(=O)OC)C(C)C)[nH]4)cc3)cc2[nH]1)C(C)C.S.S.S.S. The highest BCUT2D eigenvalue weighted by atomic mass is 32.1. The van der Waals surface area contributed by atoms with Gasteiger partial charge in [0.15, 0.2) is 6.10 Å². The third-order valence-corrected chi connectivity index (χ3v) is 10.1. The van der Waals surface area contributed by atoms with E-state index in [1.165, 1.54) is 7.11 Å². The van der Waals surface area contributed by atoms with E-state index in [9.17, 15) is 19.2 Å². The number of fused-ring (bicyclic) bond motifs is 1. The van der Waals surface area contributed by atoms with Crippen molar-refractivity contribution in [2.75, 3.05) is 26.8 Å². The fourth-order valence-corrected chi connectivity index (χ4v) is 7.19. The average molecular weight is 888 g/mol. The van der Waals surface area contributed by atoms with E-state index in [0.717, 1.165) is 59.1 Å². The monoisotopic (exact) mass is 887 g/mol. The number of hydrogen-bond donors (Lipinski definition) is 3. The lowest BCUT2D eigenvalue weighted by atomic mass is 10.0. The van der Waals surface area contributed by atoms with Gasteiger partial charge in [-0.15, -0.1) is 0 Å². The second-order valence-corrected chi connectivity index (χ2v) is 14.6. The maximum Gasteiger partial charge on any atom is 0.509 e. The number of carbonyl (C=O) groups excluding carboxylic acids is 4. The number of aromatic nitrogens is 4. The van der Waals surface area contributed by atoms with Gasteiger partial charge in [0.2, 0.25) is 5.91 Å². The summed E-state index contributed by atoms with van der Waals surface area (Å²) in [7, 11) is 1.28. The number of benzene rings is 2. The highest BCUT2D eigenvalue weighted by Crippen LogP contribution is 2.34. The van der Waals surface area contributed by atoms with Gasteiger partial charge in [-0.1, -0.05) is 51.7 Å². The van der Waals surface area contributed by atoms with Gasteiger partial charge in [0.1, 0.15) is 17.7 Å². The van der Waals surface area contributed by atoms with E-state index < -0.39 is 24.4 Å². The lowest BCUT2D eigenvalue weighted by Gasteiger charge is -2.30. The van der Waals surface area contributed by atoms with E-state index in [2.05, 4.69) is 32.1 Å². The van der Waals surface area contributed by atoms with Crippen LogP contribution < -0.4 is 5.32 Å². The number of imidazole rings is 2. The summed E-state index contributed by atoms with van der Waals surface area (Å²) in [6.07, 6.45) is 2.52. The third kappa shape index (κ3) is 11.9. The number of aromatic amines is 2. The first-order valence-electron chi connectivity index (χ1n) is 18.9. The van der Waals surface area contributed by atoms with Gasteiger partial charge in [-0.25, -0.2) is 19.6 Å². The minimum Gasteiger partial charge on any atom is -0.453 e. The lowest BCUT2D eigenvalue weighted by Crippen LogP contribution is -2.51. The number of rotatable bonds is 10. The number of methoxy groups -OCH3 is 1. The van der Waals surface area contributed by atoms with E-state index in [-0.39, 0.29) is 96.3 Å². The topological polar surface area (TPSA) is 172 Å². The number of likely N-dealkylation sites (tertiary alicyclic amines) is 2. The maximum atomic E-state index is 13.6. The van der Waals surface area contributed by atoms with Crippen LogP contribution in [0.1, 0.15) is 95.2 Å². The molecule has 0 spiro atoms. The lowest BCUT2D eigenvalue weighted by molar-refractivity contribution is -0.145. The quantitative estimate of drug-likeness (QED) is 0.116. The van der Waals surface area contributed by atoms with Crippen molar-refractivity contribution in [3.8, 4) is 23.1 Å². The average Bonchev–Trinajstić information content (AvgIpc) is 4.00. The van der Waals surface area contributed by atoms with Gasteiger partial charge in [0.05, 0.1) is 48.7 Å². The molecule has 2 saturated heterocycles. The number of hydrogen-bond acceptors (Lipinski definition) is 9. The molecule has 4 atom stereocenters. The Morgan fingerprint density at radius 1 is 0.831 bits per heavy atom. The van der Waals surface area contributed by atoms with Crippen molar-refractivity contribution in [3.05, 3.63) is 71.4 Å². The molecular formula is C41H57N7O7S4. The smallest absolute Gasteiger partial charge is 0.453 e. The van der Waals surface area contributed by atoms with Crippen molar-refractivity contribution in [1.29, 1.82) is 0 Å². The van der Waals surface area contributed by atoms with E-state index in [0.29, 0.717) is 24.7 Å². The van der Waals surface area contributed by atoms with Crippen molar-refractivity contribution < 1.29 is 33.4 Å². The predicted molar refractivity (Wildman–Crippen MR) is 246 cm³/mol. The number of H-pyrrole nitrogens is 2. The third-order valence-electron chi connectivity index (χ3n) is 10.1. The summed E-state index contributed by atoms with van der Waals surface area (Å²) in [5.74, 6) is 7.14. The van der Waals surface area contributed by atoms with Crippen LogP contribution in [0.3, 0.4) is 0 Å². The zero-order chi connectivity index (χ0) is 39.2.